The maximum atomic E-state index is 14.9. The minimum atomic E-state index is -0.376. The first-order valence-electron chi connectivity index (χ1n) is 8.77. The van der Waals surface area contributed by atoms with Gasteiger partial charge in [-0.3, -0.25) is 9.71 Å². The molecule has 0 saturated heterocycles. The summed E-state index contributed by atoms with van der Waals surface area (Å²) < 4.78 is 23.6. The van der Waals surface area contributed by atoms with E-state index < -0.39 is 0 Å². The summed E-state index contributed by atoms with van der Waals surface area (Å²) in [4.78, 5) is 9.11. The Morgan fingerprint density at radius 2 is 1.82 bits per heavy atom. The Labute approximate surface area is 168 Å². The molecule has 0 fully saturated rings. The van der Waals surface area contributed by atoms with Gasteiger partial charge < -0.3 is 10.5 Å². The molecule has 3 N–H and O–H groups in total. The fraction of sp³-hybridized carbons (Fsp3) is 0.238. The number of aromatic nitrogens is 2. The van der Waals surface area contributed by atoms with Crippen molar-refractivity contribution in [1.29, 1.82) is 0 Å². The van der Waals surface area contributed by atoms with Crippen LogP contribution >= 0.6 is 11.9 Å². The van der Waals surface area contributed by atoms with Crippen molar-refractivity contribution < 1.29 is 9.13 Å². The lowest BCUT2D eigenvalue weighted by molar-refractivity contribution is 0.414. The molecule has 28 heavy (non-hydrogen) atoms. The molecule has 2 aromatic carbocycles. The highest BCUT2D eigenvalue weighted by atomic mass is 32.2. The van der Waals surface area contributed by atoms with E-state index in [0.717, 1.165) is 16.0 Å². The lowest BCUT2D eigenvalue weighted by Gasteiger charge is -2.21. The third-order valence-electron chi connectivity index (χ3n) is 3.88. The third kappa shape index (κ3) is 4.79. The zero-order valence-electron chi connectivity index (χ0n) is 16.3. The summed E-state index contributed by atoms with van der Waals surface area (Å²) in [5.74, 6) is 0.633. The summed E-state index contributed by atoms with van der Waals surface area (Å²) in [6.07, 6.45) is 2.88. The van der Waals surface area contributed by atoms with Gasteiger partial charge in [-0.2, -0.15) is 0 Å². The second kappa shape index (κ2) is 8.16. The van der Waals surface area contributed by atoms with E-state index in [1.165, 1.54) is 30.4 Å². The predicted molar refractivity (Wildman–Crippen MR) is 113 cm³/mol. The van der Waals surface area contributed by atoms with Crippen molar-refractivity contribution in [1.82, 2.24) is 14.7 Å². The molecule has 1 aromatic heterocycles. The highest BCUT2D eigenvalue weighted by Crippen LogP contribution is 2.36. The first-order chi connectivity index (χ1) is 13.3. The standard InChI is InChI=1S/C21H23FN4OS/c1-21(2,3)26-28-19-8-6-14(27-4)10-16(19)13-5-7-15(17(22)9-13)18-11-25-20(23)12-24-18/h5-12,26H,1-4H3,(H2,23,25). The quantitative estimate of drug-likeness (QED) is 0.593. The number of benzene rings is 2. The molecule has 0 aliphatic heterocycles. The normalized spacial score (nSPS) is 11.5. The van der Waals surface area contributed by atoms with Gasteiger partial charge in [-0.05, 0) is 68.6 Å². The average molecular weight is 399 g/mol. The Bertz CT molecular complexity index is 971. The molecule has 3 aromatic rings. The molecule has 0 spiro atoms. The molecule has 3 rings (SSSR count). The van der Waals surface area contributed by atoms with Gasteiger partial charge in [0.05, 0.1) is 25.2 Å². The van der Waals surface area contributed by atoms with Crippen LogP contribution in [0.5, 0.6) is 5.75 Å². The molecule has 0 saturated carbocycles. The number of methoxy groups -OCH3 is 1. The molecule has 0 atom stereocenters. The summed E-state index contributed by atoms with van der Waals surface area (Å²) in [6, 6.07) is 10.8. The number of hydrogen-bond acceptors (Lipinski definition) is 6. The fourth-order valence-corrected chi connectivity index (χ4v) is 3.37. The first kappa shape index (κ1) is 20.1. The Hall–Kier alpha value is -2.64. The monoisotopic (exact) mass is 398 g/mol. The van der Waals surface area contributed by atoms with Gasteiger partial charge in [0.15, 0.2) is 0 Å². The summed E-state index contributed by atoms with van der Waals surface area (Å²) in [6.45, 7) is 6.27. The highest BCUT2D eigenvalue weighted by Gasteiger charge is 2.15. The summed E-state index contributed by atoms with van der Waals surface area (Å²) in [7, 11) is 1.61. The van der Waals surface area contributed by atoms with E-state index in [2.05, 4.69) is 35.5 Å². The number of hydrogen-bond donors (Lipinski definition) is 2. The summed E-state index contributed by atoms with van der Waals surface area (Å²) >= 11 is 1.51. The predicted octanol–water partition coefficient (Wildman–Crippen LogP) is 4.94. The van der Waals surface area contributed by atoms with E-state index in [1.807, 2.05) is 24.3 Å². The largest absolute Gasteiger partial charge is 0.497 e. The van der Waals surface area contributed by atoms with Crippen LogP contribution in [0.25, 0.3) is 22.4 Å². The maximum Gasteiger partial charge on any atom is 0.141 e. The number of nitrogen functional groups attached to an aromatic ring is 1. The topological polar surface area (TPSA) is 73.1 Å². The number of nitrogens with two attached hydrogens (primary N) is 1. The molecule has 0 aliphatic carbocycles. The maximum absolute atomic E-state index is 14.9. The number of ether oxygens (including phenoxy) is 1. The lowest BCUT2D eigenvalue weighted by Crippen LogP contribution is -2.29. The average Bonchev–Trinajstić information content (AvgIpc) is 2.66. The molecular formula is C21H23FN4OS. The third-order valence-corrected chi connectivity index (χ3v) is 5.17. The number of rotatable bonds is 5. The van der Waals surface area contributed by atoms with Gasteiger partial charge >= 0.3 is 0 Å². The molecule has 1 heterocycles. The molecule has 0 radical (unpaired) electrons. The van der Waals surface area contributed by atoms with Crippen LogP contribution in [-0.2, 0) is 0 Å². The van der Waals surface area contributed by atoms with Crippen molar-refractivity contribution in [3.8, 4) is 28.1 Å². The highest BCUT2D eigenvalue weighted by molar-refractivity contribution is 7.97. The number of nitrogens with one attached hydrogen (secondary N) is 1. The molecule has 146 valence electrons. The molecule has 0 amide bonds. The van der Waals surface area contributed by atoms with Gasteiger partial charge in [0, 0.05) is 21.6 Å². The molecule has 0 bridgehead atoms. The van der Waals surface area contributed by atoms with E-state index in [1.54, 1.807) is 13.2 Å². The Balaban J connectivity index is 2.00. The van der Waals surface area contributed by atoms with E-state index >= 15 is 0 Å². The van der Waals surface area contributed by atoms with Gasteiger partial charge in [0.1, 0.15) is 17.4 Å². The molecule has 7 heteroatoms. The van der Waals surface area contributed by atoms with Gasteiger partial charge in [-0.15, -0.1) is 0 Å². The fourth-order valence-electron chi connectivity index (χ4n) is 2.53. The summed E-state index contributed by atoms with van der Waals surface area (Å²) in [5.41, 5.74) is 7.94. The molecule has 0 unspecified atom stereocenters. The lowest BCUT2D eigenvalue weighted by atomic mass is 10.0. The van der Waals surface area contributed by atoms with Crippen LogP contribution in [0.3, 0.4) is 0 Å². The van der Waals surface area contributed by atoms with E-state index in [9.17, 15) is 4.39 Å². The van der Waals surface area contributed by atoms with Crippen LogP contribution in [-0.4, -0.2) is 22.6 Å². The van der Waals surface area contributed by atoms with E-state index in [-0.39, 0.29) is 11.4 Å². The summed E-state index contributed by atoms with van der Waals surface area (Å²) in [5, 5.41) is 0. The SMILES string of the molecule is COc1ccc(SNC(C)(C)C)c(-c2ccc(-c3cnc(N)cn3)c(F)c2)c1. The van der Waals surface area contributed by atoms with Crippen molar-refractivity contribution >= 4 is 17.8 Å². The van der Waals surface area contributed by atoms with E-state index in [4.69, 9.17) is 10.5 Å². The molecular weight excluding hydrogens is 375 g/mol. The Morgan fingerprint density at radius 1 is 1.04 bits per heavy atom. The van der Waals surface area contributed by atoms with Crippen molar-refractivity contribution in [2.24, 2.45) is 0 Å². The van der Waals surface area contributed by atoms with Crippen molar-refractivity contribution in [2.75, 3.05) is 12.8 Å². The van der Waals surface area contributed by atoms with Crippen LogP contribution in [0, 0.1) is 5.82 Å². The number of halogens is 1. The van der Waals surface area contributed by atoms with Crippen molar-refractivity contribution in [3.63, 3.8) is 0 Å². The van der Waals surface area contributed by atoms with Crippen LogP contribution in [0.15, 0.2) is 53.7 Å². The zero-order valence-corrected chi connectivity index (χ0v) is 17.1. The van der Waals surface area contributed by atoms with Crippen LogP contribution < -0.4 is 15.2 Å². The van der Waals surface area contributed by atoms with Crippen LogP contribution in [0.2, 0.25) is 0 Å². The Morgan fingerprint density at radius 3 is 2.43 bits per heavy atom. The van der Waals surface area contributed by atoms with Gasteiger partial charge in [0.25, 0.3) is 0 Å². The number of nitrogens with zero attached hydrogens (tertiary/aromatic N) is 2. The Kier molecular flexibility index (Phi) is 5.86. The van der Waals surface area contributed by atoms with Crippen molar-refractivity contribution in [3.05, 3.63) is 54.6 Å². The van der Waals surface area contributed by atoms with Gasteiger partial charge in [-0.1, -0.05) is 6.07 Å². The van der Waals surface area contributed by atoms with E-state index in [0.29, 0.717) is 22.8 Å². The first-order valence-corrected chi connectivity index (χ1v) is 9.58. The second-order valence-electron chi connectivity index (χ2n) is 7.34. The minimum Gasteiger partial charge on any atom is -0.497 e. The molecule has 0 aliphatic rings. The number of anilines is 1. The van der Waals surface area contributed by atoms with Crippen LogP contribution in [0.4, 0.5) is 10.2 Å². The van der Waals surface area contributed by atoms with Crippen LogP contribution in [0.1, 0.15) is 20.8 Å². The van der Waals surface area contributed by atoms with Crippen molar-refractivity contribution in [2.45, 2.75) is 31.2 Å². The zero-order chi connectivity index (χ0) is 20.3. The second-order valence-corrected chi connectivity index (χ2v) is 8.19. The van der Waals surface area contributed by atoms with Gasteiger partial charge in [-0.25, -0.2) is 9.37 Å². The van der Waals surface area contributed by atoms with Gasteiger partial charge in [0.2, 0.25) is 0 Å². The smallest absolute Gasteiger partial charge is 0.141 e. The molecule has 5 nitrogen and oxygen atoms in total. The minimum absolute atomic E-state index is 0.0647.